The molecular weight excluding hydrogens is 174 g/mol. The Balaban J connectivity index is 2.85. The molecule has 0 aliphatic carbocycles. The Morgan fingerprint density at radius 1 is 1.43 bits per heavy atom. The minimum absolute atomic E-state index is 0.0625. The molecule has 0 amide bonds. The van der Waals surface area contributed by atoms with Crippen molar-refractivity contribution in [3.05, 3.63) is 35.4 Å². The van der Waals surface area contributed by atoms with Crippen molar-refractivity contribution in [1.82, 2.24) is 0 Å². The number of hydrogen-bond acceptors (Lipinski definition) is 2. The van der Waals surface area contributed by atoms with Gasteiger partial charge in [-0.05, 0) is 12.1 Å². The maximum absolute atomic E-state index is 7.25. The summed E-state index contributed by atoms with van der Waals surface area (Å²) in [7, 11) is 0. The Morgan fingerprint density at radius 3 is 2.86 bits per heavy atom. The molecule has 0 fully saturated rings. The van der Waals surface area contributed by atoms with Gasteiger partial charge in [-0.15, -0.1) is 0 Å². The lowest BCUT2D eigenvalue weighted by atomic mass is 10.1. The fourth-order valence-electron chi connectivity index (χ4n) is 1.00. The van der Waals surface area contributed by atoms with Gasteiger partial charge < -0.3 is 11.5 Å². The van der Waals surface area contributed by atoms with Gasteiger partial charge in [0.25, 0.3) is 0 Å². The normalized spacial score (nSPS) is 8.93. The van der Waals surface area contributed by atoms with Crippen molar-refractivity contribution in [3.63, 3.8) is 0 Å². The van der Waals surface area contributed by atoms with Crippen molar-refractivity contribution >= 4 is 5.84 Å². The van der Waals surface area contributed by atoms with E-state index in [1.165, 1.54) is 0 Å². The molecule has 0 unspecified atom stereocenters. The minimum atomic E-state index is 0.0625. The maximum atomic E-state index is 7.25. The zero-order valence-electron chi connectivity index (χ0n) is 7.88. The van der Waals surface area contributed by atoms with Crippen LogP contribution in [0.4, 0.5) is 0 Å². The molecule has 1 rings (SSSR count). The molecule has 0 radical (unpaired) electrons. The lowest BCUT2D eigenvalue weighted by Crippen LogP contribution is -2.10. The predicted octanol–water partition coefficient (Wildman–Crippen LogP) is 0.671. The van der Waals surface area contributed by atoms with Gasteiger partial charge in [0, 0.05) is 24.1 Å². The van der Waals surface area contributed by atoms with E-state index in [1.54, 1.807) is 12.1 Å². The van der Waals surface area contributed by atoms with Crippen LogP contribution in [0.15, 0.2) is 24.3 Å². The monoisotopic (exact) mass is 187 g/mol. The Kier molecular flexibility index (Phi) is 3.71. The van der Waals surface area contributed by atoms with Gasteiger partial charge >= 0.3 is 0 Å². The van der Waals surface area contributed by atoms with Gasteiger partial charge in [-0.3, -0.25) is 5.41 Å². The quantitative estimate of drug-likeness (QED) is 0.361. The summed E-state index contributed by atoms with van der Waals surface area (Å²) in [5.41, 5.74) is 12.2. The Morgan fingerprint density at radius 2 is 2.21 bits per heavy atom. The molecule has 0 heterocycles. The van der Waals surface area contributed by atoms with E-state index in [4.69, 9.17) is 16.9 Å². The molecule has 72 valence electrons. The fourth-order valence-corrected chi connectivity index (χ4v) is 1.00. The summed E-state index contributed by atoms with van der Waals surface area (Å²) in [6.07, 6.45) is 0.685. The standard InChI is InChI=1S/C11H13N3/c12-7-2-1-4-9-5-3-6-10(8-9)11(13)14/h3,5-6,8H,2,7,12H2,(H3,13,14). The second-order valence-electron chi connectivity index (χ2n) is 2.83. The van der Waals surface area contributed by atoms with Crippen LogP contribution in [0.3, 0.4) is 0 Å². The molecule has 0 aliphatic rings. The predicted molar refractivity (Wildman–Crippen MR) is 58.0 cm³/mol. The highest BCUT2D eigenvalue weighted by atomic mass is 14.7. The number of rotatable bonds is 2. The van der Waals surface area contributed by atoms with E-state index in [9.17, 15) is 0 Å². The van der Waals surface area contributed by atoms with Crippen molar-refractivity contribution in [2.45, 2.75) is 6.42 Å². The highest BCUT2D eigenvalue weighted by molar-refractivity contribution is 5.95. The summed E-state index contributed by atoms with van der Waals surface area (Å²) in [5, 5.41) is 7.25. The largest absolute Gasteiger partial charge is 0.384 e. The van der Waals surface area contributed by atoms with E-state index < -0.39 is 0 Å². The van der Waals surface area contributed by atoms with E-state index in [0.29, 0.717) is 18.5 Å². The topological polar surface area (TPSA) is 75.9 Å². The van der Waals surface area contributed by atoms with Gasteiger partial charge in [-0.25, -0.2) is 0 Å². The zero-order chi connectivity index (χ0) is 10.4. The highest BCUT2D eigenvalue weighted by Gasteiger charge is 1.95. The molecule has 14 heavy (non-hydrogen) atoms. The fraction of sp³-hybridized carbons (Fsp3) is 0.182. The molecule has 0 saturated heterocycles. The molecule has 3 nitrogen and oxygen atoms in total. The number of nitrogen functional groups attached to an aromatic ring is 1. The van der Waals surface area contributed by atoms with Gasteiger partial charge in [0.15, 0.2) is 0 Å². The minimum Gasteiger partial charge on any atom is -0.384 e. The molecule has 0 bridgehead atoms. The van der Waals surface area contributed by atoms with E-state index >= 15 is 0 Å². The van der Waals surface area contributed by atoms with Crippen molar-refractivity contribution in [1.29, 1.82) is 5.41 Å². The summed E-state index contributed by atoms with van der Waals surface area (Å²) in [5.74, 6) is 5.95. The molecule has 0 spiro atoms. The number of nitrogens with two attached hydrogens (primary N) is 2. The van der Waals surface area contributed by atoms with E-state index in [2.05, 4.69) is 11.8 Å². The molecule has 0 aromatic heterocycles. The summed E-state index contributed by atoms with van der Waals surface area (Å²) < 4.78 is 0. The van der Waals surface area contributed by atoms with Crippen molar-refractivity contribution in [2.75, 3.05) is 6.54 Å². The second kappa shape index (κ2) is 5.05. The van der Waals surface area contributed by atoms with Crippen molar-refractivity contribution < 1.29 is 0 Å². The van der Waals surface area contributed by atoms with Crippen LogP contribution in [0.25, 0.3) is 0 Å². The number of hydrogen-bond donors (Lipinski definition) is 3. The van der Waals surface area contributed by atoms with Crippen LogP contribution in [0.2, 0.25) is 0 Å². The van der Waals surface area contributed by atoms with Gasteiger partial charge in [0.05, 0.1) is 0 Å². The van der Waals surface area contributed by atoms with Crippen LogP contribution in [0.1, 0.15) is 17.5 Å². The third-order valence-electron chi connectivity index (χ3n) is 1.68. The Bertz CT molecular complexity index is 385. The number of amidine groups is 1. The van der Waals surface area contributed by atoms with E-state index in [1.807, 2.05) is 12.1 Å². The molecule has 1 aromatic carbocycles. The summed E-state index contributed by atoms with van der Waals surface area (Å²) in [6, 6.07) is 7.31. The Hall–Kier alpha value is -1.79. The van der Waals surface area contributed by atoms with Crippen LogP contribution >= 0.6 is 0 Å². The highest BCUT2D eigenvalue weighted by Crippen LogP contribution is 2.02. The van der Waals surface area contributed by atoms with E-state index in [0.717, 1.165) is 5.56 Å². The number of nitrogens with one attached hydrogen (secondary N) is 1. The van der Waals surface area contributed by atoms with Crippen molar-refractivity contribution in [3.8, 4) is 11.8 Å². The second-order valence-corrected chi connectivity index (χ2v) is 2.83. The Labute approximate surface area is 83.6 Å². The van der Waals surface area contributed by atoms with Gasteiger partial charge in [0.1, 0.15) is 5.84 Å². The van der Waals surface area contributed by atoms with Crippen molar-refractivity contribution in [2.24, 2.45) is 11.5 Å². The maximum Gasteiger partial charge on any atom is 0.122 e. The number of benzene rings is 1. The van der Waals surface area contributed by atoms with Crippen LogP contribution in [-0.2, 0) is 0 Å². The van der Waals surface area contributed by atoms with Gasteiger partial charge in [-0.2, -0.15) is 0 Å². The van der Waals surface area contributed by atoms with Crippen LogP contribution in [0, 0.1) is 17.3 Å². The SMILES string of the molecule is N=C(N)c1cccc(C#CCCN)c1. The first-order chi connectivity index (χ1) is 6.74. The zero-order valence-corrected chi connectivity index (χ0v) is 7.88. The van der Waals surface area contributed by atoms with Gasteiger partial charge in [-0.1, -0.05) is 24.0 Å². The molecule has 0 atom stereocenters. The van der Waals surface area contributed by atoms with Crippen LogP contribution in [0.5, 0.6) is 0 Å². The summed E-state index contributed by atoms with van der Waals surface area (Å²) in [6.45, 7) is 0.569. The van der Waals surface area contributed by atoms with Gasteiger partial charge in [0.2, 0.25) is 0 Å². The third-order valence-corrected chi connectivity index (χ3v) is 1.68. The molecule has 1 aromatic rings. The molecule has 0 saturated carbocycles. The first-order valence-corrected chi connectivity index (χ1v) is 4.37. The molecule has 0 aliphatic heterocycles. The smallest absolute Gasteiger partial charge is 0.122 e. The molecular formula is C11H13N3. The molecule has 3 heteroatoms. The van der Waals surface area contributed by atoms with Crippen LogP contribution in [-0.4, -0.2) is 12.4 Å². The molecule has 5 N–H and O–H groups in total. The lowest BCUT2D eigenvalue weighted by Gasteiger charge is -1.97. The lowest BCUT2D eigenvalue weighted by molar-refractivity contribution is 1.03. The summed E-state index contributed by atoms with van der Waals surface area (Å²) >= 11 is 0. The summed E-state index contributed by atoms with van der Waals surface area (Å²) in [4.78, 5) is 0. The third kappa shape index (κ3) is 2.92. The average molecular weight is 187 g/mol. The first-order valence-electron chi connectivity index (χ1n) is 4.37. The average Bonchev–Trinajstić information content (AvgIpc) is 2.19. The van der Waals surface area contributed by atoms with Crippen LogP contribution < -0.4 is 11.5 Å². The van der Waals surface area contributed by atoms with E-state index in [-0.39, 0.29) is 5.84 Å². The first kappa shape index (κ1) is 10.3.